The summed E-state index contributed by atoms with van der Waals surface area (Å²) < 4.78 is 5.78. The van der Waals surface area contributed by atoms with E-state index in [1.807, 2.05) is 31.2 Å². The standard InChI is InChI=1S/C26H25NO4/c1-2-3-16-27(24-15-9-8-14-22(24)25(28)29)26(30)31-17-23-20-12-6-4-10-18(20)19-11-5-7-13-21(19)23/h4-15,23H,2-3,16-17H2,1H3,(H,28,29). The topological polar surface area (TPSA) is 66.8 Å². The van der Waals surface area contributed by atoms with Crippen molar-refractivity contribution in [2.45, 2.75) is 25.7 Å². The summed E-state index contributed by atoms with van der Waals surface area (Å²) in [5, 5.41) is 9.56. The third-order valence-corrected chi connectivity index (χ3v) is 5.72. The molecule has 1 aliphatic carbocycles. The number of fused-ring (bicyclic) bond motifs is 3. The maximum absolute atomic E-state index is 13.1. The molecule has 3 aromatic carbocycles. The molecule has 1 amide bonds. The van der Waals surface area contributed by atoms with Crippen LogP contribution in [0.4, 0.5) is 10.5 Å². The maximum atomic E-state index is 13.1. The van der Waals surface area contributed by atoms with E-state index >= 15 is 0 Å². The fourth-order valence-corrected chi connectivity index (χ4v) is 4.19. The first-order valence-electron chi connectivity index (χ1n) is 10.6. The fourth-order valence-electron chi connectivity index (χ4n) is 4.19. The van der Waals surface area contributed by atoms with Crippen molar-refractivity contribution in [2.24, 2.45) is 0 Å². The summed E-state index contributed by atoms with van der Waals surface area (Å²) in [7, 11) is 0. The van der Waals surface area contributed by atoms with Gasteiger partial charge in [-0.3, -0.25) is 4.90 Å². The van der Waals surface area contributed by atoms with Crippen molar-refractivity contribution in [2.75, 3.05) is 18.1 Å². The molecule has 0 spiro atoms. The second-order valence-electron chi connectivity index (χ2n) is 7.63. The lowest BCUT2D eigenvalue weighted by Gasteiger charge is -2.24. The highest BCUT2D eigenvalue weighted by molar-refractivity contribution is 6.00. The van der Waals surface area contributed by atoms with Crippen LogP contribution in [0.2, 0.25) is 0 Å². The van der Waals surface area contributed by atoms with E-state index in [2.05, 4.69) is 24.3 Å². The number of para-hydroxylation sites is 1. The molecule has 5 heteroatoms. The number of rotatable bonds is 7. The molecule has 0 saturated carbocycles. The minimum Gasteiger partial charge on any atom is -0.478 e. The summed E-state index contributed by atoms with van der Waals surface area (Å²) in [6.07, 6.45) is 1.10. The Kier molecular flexibility index (Phi) is 6.03. The number of hydrogen-bond acceptors (Lipinski definition) is 3. The molecule has 5 nitrogen and oxygen atoms in total. The second kappa shape index (κ2) is 9.04. The van der Waals surface area contributed by atoms with Gasteiger partial charge >= 0.3 is 12.1 Å². The lowest BCUT2D eigenvalue weighted by Crippen LogP contribution is -2.34. The number of benzene rings is 3. The van der Waals surface area contributed by atoms with Gasteiger partial charge in [-0.05, 0) is 40.8 Å². The van der Waals surface area contributed by atoms with Crippen LogP contribution in [0.3, 0.4) is 0 Å². The number of aromatic carboxylic acids is 1. The van der Waals surface area contributed by atoms with Crippen molar-refractivity contribution in [1.29, 1.82) is 0 Å². The van der Waals surface area contributed by atoms with Gasteiger partial charge in [-0.25, -0.2) is 9.59 Å². The summed E-state index contributed by atoms with van der Waals surface area (Å²) in [5.74, 6) is -1.11. The third-order valence-electron chi connectivity index (χ3n) is 5.72. The van der Waals surface area contributed by atoms with Crippen LogP contribution in [-0.4, -0.2) is 30.3 Å². The molecule has 0 bridgehead atoms. The molecule has 31 heavy (non-hydrogen) atoms. The Balaban J connectivity index is 1.59. The molecule has 158 valence electrons. The van der Waals surface area contributed by atoms with Gasteiger partial charge in [-0.2, -0.15) is 0 Å². The number of unbranched alkanes of at least 4 members (excludes halogenated alkanes) is 1. The van der Waals surface area contributed by atoms with Crippen LogP contribution >= 0.6 is 0 Å². The summed E-state index contributed by atoms with van der Waals surface area (Å²) in [4.78, 5) is 26.2. The molecule has 1 aliphatic rings. The van der Waals surface area contributed by atoms with E-state index in [0.29, 0.717) is 12.2 Å². The number of carbonyl (C=O) groups is 2. The van der Waals surface area contributed by atoms with E-state index < -0.39 is 12.1 Å². The van der Waals surface area contributed by atoms with E-state index in [0.717, 1.165) is 24.0 Å². The first kappa shape index (κ1) is 20.7. The fraction of sp³-hybridized carbons (Fsp3) is 0.231. The Morgan fingerprint density at radius 2 is 1.48 bits per heavy atom. The van der Waals surface area contributed by atoms with Gasteiger partial charge in [-0.1, -0.05) is 74.0 Å². The van der Waals surface area contributed by atoms with E-state index in [9.17, 15) is 14.7 Å². The molecule has 0 atom stereocenters. The highest BCUT2D eigenvalue weighted by Crippen LogP contribution is 2.44. The number of ether oxygens (including phenoxy) is 1. The molecular weight excluding hydrogens is 390 g/mol. The van der Waals surface area contributed by atoms with E-state index in [1.54, 1.807) is 18.2 Å². The van der Waals surface area contributed by atoms with Gasteiger partial charge in [0.15, 0.2) is 0 Å². The second-order valence-corrected chi connectivity index (χ2v) is 7.63. The van der Waals surface area contributed by atoms with Crippen molar-refractivity contribution in [3.8, 4) is 11.1 Å². The first-order valence-corrected chi connectivity index (χ1v) is 10.6. The van der Waals surface area contributed by atoms with E-state index in [1.165, 1.54) is 22.1 Å². The zero-order chi connectivity index (χ0) is 21.8. The highest BCUT2D eigenvalue weighted by atomic mass is 16.6. The number of carboxylic acid groups (broad SMARTS) is 1. The molecule has 4 rings (SSSR count). The van der Waals surface area contributed by atoms with Crippen LogP contribution in [0.15, 0.2) is 72.8 Å². The zero-order valence-electron chi connectivity index (χ0n) is 17.5. The number of nitrogens with zero attached hydrogens (tertiary/aromatic N) is 1. The Morgan fingerprint density at radius 1 is 0.903 bits per heavy atom. The van der Waals surface area contributed by atoms with Crippen molar-refractivity contribution < 1.29 is 19.4 Å². The third kappa shape index (κ3) is 4.04. The first-order chi connectivity index (χ1) is 15.1. The highest BCUT2D eigenvalue weighted by Gasteiger charge is 2.30. The number of amides is 1. The average molecular weight is 415 g/mol. The Bertz CT molecular complexity index is 1060. The summed E-state index contributed by atoms with van der Waals surface area (Å²) >= 11 is 0. The molecule has 0 aromatic heterocycles. The average Bonchev–Trinajstić information content (AvgIpc) is 3.12. The van der Waals surface area contributed by atoms with Gasteiger partial charge in [0.05, 0.1) is 11.3 Å². The normalized spacial score (nSPS) is 12.2. The number of anilines is 1. The molecule has 0 heterocycles. The predicted octanol–water partition coefficient (Wildman–Crippen LogP) is 5.94. The van der Waals surface area contributed by atoms with E-state index in [-0.39, 0.29) is 18.1 Å². The summed E-state index contributed by atoms with van der Waals surface area (Å²) in [6.45, 7) is 2.63. The van der Waals surface area contributed by atoms with Crippen molar-refractivity contribution in [3.05, 3.63) is 89.5 Å². The van der Waals surface area contributed by atoms with Crippen LogP contribution in [0.1, 0.15) is 47.2 Å². The molecule has 0 unspecified atom stereocenters. The molecule has 0 fully saturated rings. The van der Waals surface area contributed by atoms with Gasteiger partial charge in [-0.15, -0.1) is 0 Å². The van der Waals surface area contributed by atoms with Crippen LogP contribution < -0.4 is 4.90 Å². The molecule has 1 N–H and O–H groups in total. The molecule has 0 radical (unpaired) electrons. The number of carbonyl (C=O) groups excluding carboxylic acids is 1. The van der Waals surface area contributed by atoms with Crippen molar-refractivity contribution in [1.82, 2.24) is 0 Å². The molecule has 3 aromatic rings. The Labute approximate surface area is 181 Å². The lowest BCUT2D eigenvalue weighted by molar-refractivity contribution is 0.0697. The van der Waals surface area contributed by atoms with Gasteiger partial charge in [0.25, 0.3) is 0 Å². The monoisotopic (exact) mass is 415 g/mol. The van der Waals surface area contributed by atoms with Gasteiger partial charge < -0.3 is 9.84 Å². The number of carboxylic acids is 1. The SMILES string of the molecule is CCCCN(C(=O)OCC1c2ccccc2-c2ccccc21)c1ccccc1C(=O)O. The van der Waals surface area contributed by atoms with Gasteiger partial charge in [0.1, 0.15) is 6.61 Å². The van der Waals surface area contributed by atoms with Crippen molar-refractivity contribution in [3.63, 3.8) is 0 Å². The molecule has 0 aliphatic heterocycles. The van der Waals surface area contributed by atoms with Gasteiger partial charge in [0.2, 0.25) is 0 Å². The maximum Gasteiger partial charge on any atom is 0.414 e. The Hall–Kier alpha value is -3.60. The molecular formula is C26H25NO4. The van der Waals surface area contributed by atoms with E-state index in [4.69, 9.17) is 4.74 Å². The largest absolute Gasteiger partial charge is 0.478 e. The number of hydrogen-bond donors (Lipinski definition) is 1. The summed E-state index contributed by atoms with van der Waals surface area (Å²) in [6, 6.07) is 22.9. The smallest absolute Gasteiger partial charge is 0.414 e. The van der Waals surface area contributed by atoms with Crippen LogP contribution in [0.25, 0.3) is 11.1 Å². The predicted molar refractivity (Wildman–Crippen MR) is 121 cm³/mol. The quantitative estimate of drug-likeness (QED) is 0.518. The summed E-state index contributed by atoms with van der Waals surface area (Å²) in [5.41, 5.74) is 5.06. The minimum absolute atomic E-state index is 0.0425. The van der Waals surface area contributed by atoms with Crippen LogP contribution in [0, 0.1) is 0 Å². The van der Waals surface area contributed by atoms with Crippen molar-refractivity contribution >= 4 is 17.7 Å². The Morgan fingerprint density at radius 3 is 2.10 bits per heavy atom. The van der Waals surface area contributed by atoms with Crippen LogP contribution in [-0.2, 0) is 4.74 Å². The lowest BCUT2D eigenvalue weighted by atomic mass is 9.98. The minimum atomic E-state index is -1.07. The molecule has 0 saturated heterocycles. The van der Waals surface area contributed by atoms with Crippen LogP contribution in [0.5, 0.6) is 0 Å². The van der Waals surface area contributed by atoms with Gasteiger partial charge in [0, 0.05) is 12.5 Å². The zero-order valence-corrected chi connectivity index (χ0v) is 17.5.